The molecule has 1 aliphatic carbocycles. The Morgan fingerprint density at radius 3 is 1.87 bits per heavy atom. The van der Waals surface area contributed by atoms with Crippen LogP contribution < -0.4 is 4.90 Å². The van der Waals surface area contributed by atoms with Crippen LogP contribution >= 0.6 is 0 Å². The lowest BCUT2D eigenvalue weighted by Crippen LogP contribution is -2.33. The summed E-state index contributed by atoms with van der Waals surface area (Å²) in [6.45, 7) is 0. The third kappa shape index (κ3) is 3.68. The molecule has 0 N–H and O–H groups in total. The Hall–Kier alpha value is -6.98. The molecule has 3 heterocycles. The molecule has 0 bridgehead atoms. The molecule has 0 fully saturated rings. The summed E-state index contributed by atoms with van der Waals surface area (Å²) in [5.41, 5.74) is 14.0. The molecule has 8 aromatic carbocycles. The molecule has 2 aromatic heterocycles. The first kappa shape index (κ1) is 29.6. The molecule has 1 atom stereocenters. The molecule has 0 saturated heterocycles. The lowest BCUT2D eigenvalue weighted by atomic mass is 9.65. The van der Waals surface area contributed by atoms with Crippen molar-refractivity contribution in [2.24, 2.45) is 0 Å². The van der Waals surface area contributed by atoms with Crippen LogP contribution in [0.3, 0.4) is 0 Å². The van der Waals surface area contributed by atoms with Crippen LogP contribution in [0.1, 0.15) is 22.3 Å². The second-order valence-electron chi connectivity index (χ2n) is 14.3. The van der Waals surface area contributed by atoms with Gasteiger partial charge in [-0.05, 0) is 118 Å². The second-order valence-corrected chi connectivity index (χ2v) is 14.3. The van der Waals surface area contributed by atoms with Crippen molar-refractivity contribution in [1.29, 1.82) is 0 Å². The highest BCUT2D eigenvalue weighted by molar-refractivity contribution is 6.26. The fourth-order valence-corrected chi connectivity index (χ4v) is 9.62. The summed E-state index contributed by atoms with van der Waals surface area (Å²) in [6, 6.07) is 56.5. The van der Waals surface area contributed by atoms with E-state index in [1.165, 1.54) is 46.5 Å². The number of fused-ring (bicyclic) bond motifs is 16. The number of hydrogen-bond donors (Lipinski definition) is 0. The summed E-state index contributed by atoms with van der Waals surface area (Å²) in [4.78, 5) is 2.06. The topological polar surface area (TPSA) is 21.3 Å². The van der Waals surface area contributed by atoms with E-state index >= 15 is 0 Å². The minimum absolute atomic E-state index is 0.315. The normalized spacial score (nSPS) is 15.3. The predicted molar refractivity (Wildman–Crippen MR) is 214 cm³/mol. The molecule has 5 heteroatoms. The summed E-state index contributed by atoms with van der Waals surface area (Å²) in [5.74, 6) is -0.630. The zero-order valence-electron chi connectivity index (χ0n) is 28.7. The number of benzene rings is 8. The molecule has 54 heavy (non-hydrogen) atoms. The van der Waals surface area contributed by atoms with Crippen LogP contribution in [-0.4, -0.2) is 4.57 Å². The van der Waals surface area contributed by atoms with Crippen LogP contribution in [0.2, 0.25) is 0 Å². The van der Waals surface area contributed by atoms with E-state index < -0.39 is 5.41 Å². The zero-order valence-corrected chi connectivity index (χ0v) is 28.7. The smallest absolute Gasteiger partial charge is 0.145 e. The Bertz CT molecular complexity index is 3150. The van der Waals surface area contributed by atoms with Crippen molar-refractivity contribution >= 4 is 60.8 Å². The first-order valence-corrected chi connectivity index (χ1v) is 18.1. The Kier molecular flexibility index (Phi) is 5.78. The highest BCUT2D eigenvalue weighted by atomic mass is 19.1. The van der Waals surface area contributed by atoms with E-state index in [1.807, 2.05) is 6.07 Å². The Morgan fingerprint density at radius 1 is 0.481 bits per heavy atom. The van der Waals surface area contributed by atoms with Gasteiger partial charge in [-0.25, -0.2) is 8.78 Å². The number of furan rings is 1. The van der Waals surface area contributed by atoms with Gasteiger partial charge in [0.2, 0.25) is 0 Å². The van der Waals surface area contributed by atoms with Gasteiger partial charge in [0.15, 0.2) is 0 Å². The molecule has 1 unspecified atom stereocenters. The maximum atomic E-state index is 14.2. The second kappa shape index (κ2) is 10.6. The van der Waals surface area contributed by atoms with Crippen LogP contribution in [0.15, 0.2) is 174 Å². The number of aromatic nitrogens is 1. The van der Waals surface area contributed by atoms with Gasteiger partial charge in [-0.1, -0.05) is 84.9 Å². The van der Waals surface area contributed by atoms with E-state index in [-0.39, 0.29) is 11.6 Å². The van der Waals surface area contributed by atoms with E-state index in [0.717, 1.165) is 77.6 Å². The Labute approximate surface area is 308 Å². The van der Waals surface area contributed by atoms with Gasteiger partial charge in [0, 0.05) is 33.2 Å². The molecule has 2 aliphatic rings. The van der Waals surface area contributed by atoms with Gasteiger partial charge in [0.05, 0.1) is 27.5 Å². The molecule has 0 amide bonds. The largest absolute Gasteiger partial charge is 0.455 e. The molecule has 1 aliphatic heterocycles. The van der Waals surface area contributed by atoms with E-state index in [1.54, 1.807) is 24.3 Å². The van der Waals surface area contributed by atoms with Crippen LogP contribution in [0, 0.1) is 11.6 Å². The number of nitrogens with zero attached hydrogens (tertiary/aromatic N) is 2. The number of hydrogen-bond acceptors (Lipinski definition) is 2. The van der Waals surface area contributed by atoms with Crippen molar-refractivity contribution in [2.45, 2.75) is 5.41 Å². The summed E-state index contributed by atoms with van der Waals surface area (Å²) < 4.78 is 37.7. The highest BCUT2D eigenvalue weighted by Crippen LogP contribution is 2.62. The average Bonchev–Trinajstić information content (AvgIpc) is 3.86. The number of para-hydroxylation sites is 3. The first-order valence-electron chi connectivity index (χ1n) is 18.1. The number of halogens is 2. The van der Waals surface area contributed by atoms with Gasteiger partial charge in [-0.2, -0.15) is 0 Å². The SMILES string of the molecule is Fc1ccc(N(c2ccc(F)cc2)c2ccc3c(c2)-c2ccccc2C32c3ccccc3-n3c4ccccc4c4c5oc6ccccc6c5cc2c43)cc1. The van der Waals surface area contributed by atoms with Gasteiger partial charge in [-0.15, -0.1) is 0 Å². The van der Waals surface area contributed by atoms with Crippen LogP contribution in [0.5, 0.6) is 0 Å². The predicted octanol–water partition coefficient (Wildman–Crippen LogP) is 13.1. The van der Waals surface area contributed by atoms with Crippen molar-refractivity contribution in [3.63, 3.8) is 0 Å². The van der Waals surface area contributed by atoms with Gasteiger partial charge >= 0.3 is 0 Å². The molecule has 1 spiro atoms. The van der Waals surface area contributed by atoms with Crippen molar-refractivity contribution in [3.8, 4) is 16.8 Å². The summed E-state index contributed by atoms with van der Waals surface area (Å²) in [5, 5.41) is 4.45. The third-order valence-electron chi connectivity index (χ3n) is 11.7. The third-order valence-corrected chi connectivity index (χ3v) is 11.7. The lowest BCUT2D eigenvalue weighted by molar-refractivity contribution is 0.628. The van der Waals surface area contributed by atoms with Crippen molar-refractivity contribution in [3.05, 3.63) is 204 Å². The molecule has 12 rings (SSSR count). The maximum Gasteiger partial charge on any atom is 0.145 e. The monoisotopic (exact) mass is 698 g/mol. The standard InChI is InChI=1S/C49H28F2N2O/c50-29-17-21-31(22-18-29)52(32-23-19-30(51)20-24-32)33-25-26-40-37(27-33)34-9-1-4-12-39(34)49(40)41-13-5-7-15-44(41)53-43-14-6-2-11-36(43)46-47(53)42(49)28-38-35-10-3-8-16-45(35)54-48(38)46/h1-28H. The van der Waals surface area contributed by atoms with E-state index in [0.29, 0.717) is 0 Å². The first-order chi connectivity index (χ1) is 26.6. The molecule has 10 aromatic rings. The molecular formula is C49H28F2N2O. The average molecular weight is 699 g/mol. The van der Waals surface area contributed by atoms with Crippen LogP contribution in [0.25, 0.3) is 60.6 Å². The van der Waals surface area contributed by atoms with Crippen LogP contribution in [-0.2, 0) is 5.41 Å². The number of rotatable bonds is 3. The quantitative estimate of drug-likeness (QED) is 0.183. The van der Waals surface area contributed by atoms with Crippen LogP contribution in [0.4, 0.5) is 25.8 Å². The minimum Gasteiger partial charge on any atom is -0.455 e. The highest BCUT2D eigenvalue weighted by Gasteiger charge is 2.51. The fourth-order valence-electron chi connectivity index (χ4n) is 9.62. The maximum absolute atomic E-state index is 14.2. The molecule has 0 saturated carbocycles. The minimum atomic E-state index is -0.660. The molecule has 254 valence electrons. The van der Waals surface area contributed by atoms with Crippen molar-refractivity contribution < 1.29 is 13.2 Å². The summed E-state index contributed by atoms with van der Waals surface area (Å²) in [6.07, 6.45) is 0. The van der Waals surface area contributed by atoms with Gasteiger partial charge in [0.25, 0.3) is 0 Å². The Morgan fingerprint density at radius 2 is 1.09 bits per heavy atom. The van der Waals surface area contributed by atoms with Gasteiger partial charge in [-0.3, -0.25) is 0 Å². The lowest BCUT2D eigenvalue weighted by Gasteiger charge is -2.39. The van der Waals surface area contributed by atoms with Gasteiger partial charge < -0.3 is 13.9 Å². The van der Waals surface area contributed by atoms with Crippen molar-refractivity contribution in [1.82, 2.24) is 4.57 Å². The van der Waals surface area contributed by atoms with Gasteiger partial charge in [0.1, 0.15) is 22.8 Å². The summed E-state index contributed by atoms with van der Waals surface area (Å²) >= 11 is 0. The summed E-state index contributed by atoms with van der Waals surface area (Å²) in [7, 11) is 0. The molecular weight excluding hydrogens is 671 g/mol. The fraction of sp³-hybridized carbons (Fsp3) is 0.0204. The molecule has 3 nitrogen and oxygen atoms in total. The molecule has 0 radical (unpaired) electrons. The number of anilines is 3. The van der Waals surface area contributed by atoms with E-state index in [9.17, 15) is 8.78 Å². The van der Waals surface area contributed by atoms with Crippen molar-refractivity contribution in [2.75, 3.05) is 4.90 Å². The Balaban J connectivity index is 1.23. The van der Waals surface area contributed by atoms with E-state index in [4.69, 9.17) is 4.42 Å². The van der Waals surface area contributed by atoms with E-state index in [2.05, 4.69) is 125 Å². The zero-order chi connectivity index (χ0) is 35.7.